The molecular weight excluding hydrogens is 276 g/mol. The van der Waals surface area contributed by atoms with Gasteiger partial charge in [-0.2, -0.15) is 8.42 Å². The van der Waals surface area contributed by atoms with Crippen LogP contribution in [-0.4, -0.2) is 42.0 Å². The number of hydrogen-bond donors (Lipinski definition) is 0. The van der Waals surface area contributed by atoms with Gasteiger partial charge >= 0.3 is 16.1 Å². The van der Waals surface area contributed by atoms with E-state index in [0.29, 0.717) is 0 Å². The maximum absolute atomic E-state index is 11.6. The molecule has 0 aliphatic rings. The highest BCUT2D eigenvalue weighted by molar-refractivity contribution is 7.86. The minimum Gasteiger partial charge on any atom is -0.493 e. The van der Waals surface area contributed by atoms with Crippen LogP contribution in [0.4, 0.5) is 0 Å². The van der Waals surface area contributed by atoms with E-state index in [4.69, 9.17) is 13.7 Å². The molecule has 0 atom stereocenters. The van der Waals surface area contributed by atoms with E-state index in [2.05, 4.69) is 4.74 Å². The minimum atomic E-state index is -3.84. The van der Waals surface area contributed by atoms with Crippen LogP contribution in [0.5, 0.6) is 17.2 Å². The highest BCUT2D eigenvalue weighted by atomic mass is 32.2. The van der Waals surface area contributed by atoms with Crippen LogP contribution in [0.1, 0.15) is 10.4 Å². The van der Waals surface area contributed by atoms with Crippen LogP contribution in [-0.2, 0) is 14.9 Å². The molecule has 106 valence electrons. The summed E-state index contributed by atoms with van der Waals surface area (Å²) < 4.78 is 41.9. The normalized spacial score (nSPS) is 10.7. The van der Waals surface area contributed by atoms with E-state index in [1.165, 1.54) is 33.5 Å². The summed E-state index contributed by atoms with van der Waals surface area (Å²) in [7, 11) is 0.00214. The fraction of sp³-hybridized carbons (Fsp3) is 0.364. The molecule has 0 saturated heterocycles. The van der Waals surface area contributed by atoms with Crippen LogP contribution < -0.4 is 13.7 Å². The van der Waals surface area contributed by atoms with Crippen LogP contribution in [0.25, 0.3) is 0 Å². The molecule has 0 amide bonds. The molecule has 19 heavy (non-hydrogen) atoms. The van der Waals surface area contributed by atoms with Crippen molar-refractivity contribution in [2.24, 2.45) is 0 Å². The quantitative estimate of drug-likeness (QED) is 0.586. The summed E-state index contributed by atoms with van der Waals surface area (Å²) in [6, 6.07) is 2.77. The Balaban J connectivity index is 3.53. The number of esters is 1. The summed E-state index contributed by atoms with van der Waals surface area (Å²) in [6.45, 7) is 0. The monoisotopic (exact) mass is 290 g/mol. The molecule has 7 nitrogen and oxygen atoms in total. The van der Waals surface area contributed by atoms with Crippen LogP contribution in [0.2, 0.25) is 0 Å². The van der Waals surface area contributed by atoms with Crippen molar-refractivity contribution in [1.82, 2.24) is 0 Å². The van der Waals surface area contributed by atoms with Crippen LogP contribution in [0.3, 0.4) is 0 Å². The fourth-order valence-electron chi connectivity index (χ4n) is 1.40. The Labute approximate surface area is 111 Å². The summed E-state index contributed by atoms with van der Waals surface area (Å²) in [4.78, 5) is 11.6. The summed E-state index contributed by atoms with van der Waals surface area (Å²) in [5.41, 5.74) is -0.0782. The lowest BCUT2D eigenvalue weighted by Gasteiger charge is -2.15. The number of carbonyl (C=O) groups excluding carboxylic acids is 1. The molecule has 0 heterocycles. The Morgan fingerprint density at radius 2 is 1.68 bits per heavy atom. The van der Waals surface area contributed by atoms with Crippen LogP contribution in [0, 0.1) is 0 Å². The van der Waals surface area contributed by atoms with E-state index in [1.54, 1.807) is 0 Å². The van der Waals surface area contributed by atoms with E-state index in [1.807, 2.05) is 0 Å². The van der Waals surface area contributed by atoms with Crippen LogP contribution >= 0.6 is 0 Å². The molecule has 0 aromatic heterocycles. The second-order valence-electron chi connectivity index (χ2n) is 3.46. The van der Waals surface area contributed by atoms with Gasteiger partial charge in [0.2, 0.25) is 11.5 Å². The van der Waals surface area contributed by atoms with Gasteiger partial charge in [0.15, 0.2) is 5.75 Å². The van der Waals surface area contributed by atoms with Crippen molar-refractivity contribution >= 4 is 16.1 Å². The molecular formula is C11H14O7S. The molecule has 0 saturated carbocycles. The van der Waals surface area contributed by atoms with Gasteiger partial charge in [0, 0.05) is 0 Å². The Bertz CT molecular complexity index is 577. The lowest BCUT2D eigenvalue weighted by molar-refractivity contribution is 0.0598. The molecule has 0 aliphatic heterocycles. The standard InChI is InChI=1S/C11H14O7S/c1-15-8-6-5-7(11(12)17-3)9(10(8)16-2)18-19(4,13)14/h5-6H,1-4H3. The first-order chi connectivity index (χ1) is 8.84. The lowest BCUT2D eigenvalue weighted by atomic mass is 10.1. The smallest absolute Gasteiger partial charge is 0.341 e. The highest BCUT2D eigenvalue weighted by Crippen LogP contribution is 2.40. The van der Waals surface area contributed by atoms with Gasteiger partial charge < -0.3 is 18.4 Å². The van der Waals surface area contributed by atoms with Crippen molar-refractivity contribution in [2.75, 3.05) is 27.6 Å². The van der Waals surface area contributed by atoms with Gasteiger partial charge in [-0.15, -0.1) is 0 Å². The third-order valence-corrected chi connectivity index (χ3v) is 2.61. The maximum Gasteiger partial charge on any atom is 0.341 e. The third-order valence-electron chi connectivity index (χ3n) is 2.14. The number of hydrogen-bond acceptors (Lipinski definition) is 7. The van der Waals surface area contributed by atoms with Gasteiger partial charge in [0.1, 0.15) is 5.56 Å². The largest absolute Gasteiger partial charge is 0.493 e. The van der Waals surface area contributed by atoms with E-state index >= 15 is 0 Å². The highest BCUT2D eigenvalue weighted by Gasteiger charge is 2.24. The predicted molar refractivity (Wildman–Crippen MR) is 66.4 cm³/mol. The van der Waals surface area contributed by atoms with Gasteiger partial charge in [0.25, 0.3) is 0 Å². The zero-order chi connectivity index (χ0) is 14.6. The first kappa shape index (κ1) is 15.1. The summed E-state index contributed by atoms with van der Waals surface area (Å²) in [6.07, 6.45) is 0.854. The fourth-order valence-corrected chi connectivity index (χ4v) is 1.87. The molecule has 0 bridgehead atoms. The van der Waals surface area contributed by atoms with Gasteiger partial charge in [-0.25, -0.2) is 4.79 Å². The molecule has 1 aromatic carbocycles. The van der Waals surface area contributed by atoms with E-state index in [0.717, 1.165) is 6.26 Å². The van der Waals surface area contributed by atoms with E-state index in [-0.39, 0.29) is 22.8 Å². The number of carbonyl (C=O) groups is 1. The van der Waals surface area contributed by atoms with E-state index in [9.17, 15) is 13.2 Å². The molecule has 0 spiro atoms. The molecule has 1 rings (SSSR count). The minimum absolute atomic E-state index is 0.00387. The Morgan fingerprint density at radius 1 is 1.05 bits per heavy atom. The zero-order valence-electron chi connectivity index (χ0n) is 10.9. The van der Waals surface area contributed by atoms with Gasteiger partial charge in [-0.3, -0.25) is 0 Å². The molecule has 0 N–H and O–H groups in total. The molecule has 0 fully saturated rings. The number of ether oxygens (including phenoxy) is 3. The topological polar surface area (TPSA) is 88.1 Å². The van der Waals surface area contributed by atoms with Crippen molar-refractivity contribution in [3.8, 4) is 17.2 Å². The summed E-state index contributed by atoms with van der Waals surface area (Å²) >= 11 is 0. The van der Waals surface area contributed by atoms with Gasteiger partial charge in [0.05, 0.1) is 27.6 Å². The summed E-state index contributed by atoms with van der Waals surface area (Å²) in [5, 5.41) is 0. The average molecular weight is 290 g/mol. The molecule has 0 unspecified atom stereocenters. The second kappa shape index (κ2) is 5.79. The number of benzene rings is 1. The van der Waals surface area contributed by atoms with E-state index < -0.39 is 16.1 Å². The Kier molecular flexibility index (Phi) is 4.60. The maximum atomic E-state index is 11.6. The SMILES string of the molecule is COC(=O)c1ccc(OC)c(OC)c1OS(C)(=O)=O. The Hall–Kier alpha value is -1.96. The molecule has 1 aromatic rings. The molecule has 8 heteroatoms. The Morgan fingerprint density at radius 3 is 2.11 bits per heavy atom. The van der Waals surface area contributed by atoms with Gasteiger partial charge in [-0.05, 0) is 12.1 Å². The number of rotatable bonds is 5. The van der Waals surface area contributed by atoms with Crippen molar-refractivity contribution in [3.63, 3.8) is 0 Å². The van der Waals surface area contributed by atoms with Crippen molar-refractivity contribution in [3.05, 3.63) is 17.7 Å². The van der Waals surface area contributed by atoms with Crippen molar-refractivity contribution in [1.29, 1.82) is 0 Å². The average Bonchev–Trinajstić information content (AvgIpc) is 2.35. The lowest BCUT2D eigenvalue weighted by Crippen LogP contribution is -2.12. The molecule has 0 radical (unpaired) electrons. The second-order valence-corrected chi connectivity index (χ2v) is 5.03. The third kappa shape index (κ3) is 3.50. The first-order valence-corrected chi connectivity index (χ1v) is 6.88. The van der Waals surface area contributed by atoms with Crippen molar-refractivity contribution in [2.45, 2.75) is 0 Å². The summed E-state index contributed by atoms with van der Waals surface area (Å²) in [5.74, 6) is -0.791. The number of methoxy groups -OCH3 is 3. The predicted octanol–water partition coefficient (Wildman–Crippen LogP) is 0.829. The zero-order valence-corrected chi connectivity index (χ0v) is 11.7. The first-order valence-electron chi connectivity index (χ1n) is 5.06. The van der Waals surface area contributed by atoms with Gasteiger partial charge in [-0.1, -0.05) is 0 Å². The molecule has 0 aliphatic carbocycles. The van der Waals surface area contributed by atoms with Crippen LogP contribution in [0.15, 0.2) is 12.1 Å². The van der Waals surface area contributed by atoms with Crippen molar-refractivity contribution < 1.29 is 31.6 Å².